The van der Waals surface area contributed by atoms with Gasteiger partial charge in [0, 0.05) is 34.2 Å². The highest BCUT2D eigenvalue weighted by Crippen LogP contribution is 2.36. The molecule has 5 aromatic rings. The molecule has 0 bridgehead atoms. The normalized spacial score (nSPS) is 14.6. The van der Waals surface area contributed by atoms with Crippen LogP contribution in [-0.2, 0) is 9.53 Å². The summed E-state index contributed by atoms with van der Waals surface area (Å²) in [7, 11) is 0. The average molecular weight is 658 g/mol. The number of halogens is 1. The SMILES string of the molecule is CCOC(=O)C1=C(c2ccccc2)N=c2s/c(=C\c3ccc(-c4cc([N+](=O)[O-])ccc4Cl)o3)c(=O)n2[C@H]1c1ccc(SC)cc1. The number of furan rings is 1. The summed E-state index contributed by atoms with van der Waals surface area (Å²) in [5.74, 6) is 0.0925. The molecule has 6 rings (SSSR count). The van der Waals surface area contributed by atoms with E-state index >= 15 is 0 Å². The van der Waals surface area contributed by atoms with Crippen LogP contribution in [0.3, 0.4) is 0 Å². The van der Waals surface area contributed by atoms with Gasteiger partial charge in [-0.1, -0.05) is 65.4 Å². The summed E-state index contributed by atoms with van der Waals surface area (Å²) in [6.07, 6.45) is 3.56. The van der Waals surface area contributed by atoms with Crippen LogP contribution in [0, 0.1) is 10.1 Å². The molecular formula is C33H24ClN3O6S2. The molecule has 3 aromatic carbocycles. The van der Waals surface area contributed by atoms with Gasteiger partial charge in [-0.2, -0.15) is 0 Å². The smallest absolute Gasteiger partial charge is 0.338 e. The molecule has 2 aromatic heterocycles. The molecule has 3 heterocycles. The van der Waals surface area contributed by atoms with Crippen LogP contribution >= 0.6 is 34.7 Å². The third-order valence-electron chi connectivity index (χ3n) is 7.13. The maximum absolute atomic E-state index is 14.1. The van der Waals surface area contributed by atoms with E-state index in [2.05, 4.69) is 0 Å². The maximum atomic E-state index is 14.1. The van der Waals surface area contributed by atoms with E-state index in [4.69, 9.17) is 25.7 Å². The van der Waals surface area contributed by atoms with E-state index in [9.17, 15) is 19.7 Å². The zero-order chi connectivity index (χ0) is 31.7. The number of non-ortho nitro benzene ring substituents is 1. The van der Waals surface area contributed by atoms with Gasteiger partial charge in [0.25, 0.3) is 11.2 Å². The number of nitrogens with zero attached hydrogens (tertiary/aromatic N) is 3. The van der Waals surface area contributed by atoms with E-state index in [1.54, 1.807) is 36.9 Å². The molecule has 12 heteroatoms. The Kier molecular flexibility index (Phi) is 8.57. The van der Waals surface area contributed by atoms with Crippen molar-refractivity contribution in [3.63, 3.8) is 0 Å². The third-order valence-corrected chi connectivity index (χ3v) is 9.19. The highest BCUT2D eigenvalue weighted by molar-refractivity contribution is 7.98. The molecule has 0 amide bonds. The fourth-order valence-corrected chi connectivity index (χ4v) is 6.66. The topological polar surface area (TPSA) is 117 Å². The lowest BCUT2D eigenvalue weighted by atomic mass is 9.93. The molecule has 0 spiro atoms. The molecule has 226 valence electrons. The van der Waals surface area contributed by atoms with Crippen LogP contribution < -0.4 is 14.9 Å². The number of rotatable bonds is 8. The number of hydrogen-bond acceptors (Lipinski definition) is 9. The lowest BCUT2D eigenvalue weighted by molar-refractivity contribution is -0.384. The molecule has 0 radical (unpaired) electrons. The van der Waals surface area contributed by atoms with Crippen molar-refractivity contribution in [2.75, 3.05) is 12.9 Å². The molecule has 0 aliphatic carbocycles. The maximum Gasteiger partial charge on any atom is 0.338 e. The molecule has 1 atom stereocenters. The standard InChI is InChI=1S/C33H24ClN3O6S2/c1-3-42-32(39)28-29(19-7-5-4-6-8-19)35-33-36(30(28)20-9-13-23(44-2)14-10-20)31(38)27(45-33)18-22-12-16-26(43-22)24-17-21(37(40)41)11-15-25(24)34/h4-18,30H,3H2,1-2H3/b27-18-/t30-/m0/s1. The van der Waals surface area contributed by atoms with Crippen molar-refractivity contribution in [3.8, 4) is 11.3 Å². The molecule has 1 aliphatic rings. The van der Waals surface area contributed by atoms with E-state index in [1.165, 1.54) is 34.1 Å². The molecule has 0 fully saturated rings. The van der Waals surface area contributed by atoms with E-state index in [1.807, 2.05) is 60.9 Å². The second-order valence-electron chi connectivity index (χ2n) is 9.83. The van der Waals surface area contributed by atoms with Gasteiger partial charge >= 0.3 is 5.97 Å². The molecule has 45 heavy (non-hydrogen) atoms. The number of thiazole rings is 1. The summed E-state index contributed by atoms with van der Waals surface area (Å²) in [6.45, 7) is 1.89. The predicted octanol–water partition coefficient (Wildman–Crippen LogP) is 6.48. The molecule has 0 saturated heterocycles. The van der Waals surface area contributed by atoms with Crippen LogP contribution in [0.1, 0.15) is 29.9 Å². The van der Waals surface area contributed by atoms with Crippen LogP contribution in [0.5, 0.6) is 0 Å². The van der Waals surface area contributed by atoms with Crippen molar-refractivity contribution in [2.45, 2.75) is 17.9 Å². The first kappa shape index (κ1) is 30.3. The van der Waals surface area contributed by atoms with Gasteiger partial charge in [-0.3, -0.25) is 19.5 Å². The van der Waals surface area contributed by atoms with Crippen molar-refractivity contribution >= 4 is 58.1 Å². The highest BCUT2D eigenvalue weighted by Gasteiger charge is 2.35. The Labute approximate surface area is 269 Å². The lowest BCUT2D eigenvalue weighted by Gasteiger charge is -2.26. The summed E-state index contributed by atoms with van der Waals surface area (Å²) >= 11 is 9.07. The number of carbonyl (C=O) groups excluding carboxylic acids is 1. The Morgan fingerprint density at radius 1 is 1.13 bits per heavy atom. The fraction of sp³-hybridized carbons (Fsp3) is 0.121. The zero-order valence-corrected chi connectivity index (χ0v) is 26.3. The minimum atomic E-state index is -0.801. The van der Waals surface area contributed by atoms with Crippen LogP contribution in [0.15, 0.2) is 110 Å². The van der Waals surface area contributed by atoms with Gasteiger partial charge in [0.2, 0.25) is 0 Å². The first-order valence-electron chi connectivity index (χ1n) is 13.8. The summed E-state index contributed by atoms with van der Waals surface area (Å²) in [5.41, 5.74) is 2.00. The molecule has 0 saturated carbocycles. The Bertz CT molecular complexity index is 2150. The van der Waals surface area contributed by atoms with Crippen molar-refractivity contribution in [2.24, 2.45) is 4.99 Å². The van der Waals surface area contributed by atoms with Gasteiger partial charge in [-0.25, -0.2) is 9.79 Å². The Balaban J connectivity index is 1.54. The van der Waals surface area contributed by atoms with Crippen molar-refractivity contribution in [1.82, 2.24) is 4.57 Å². The second kappa shape index (κ2) is 12.7. The number of ether oxygens (including phenoxy) is 1. The summed E-state index contributed by atoms with van der Waals surface area (Å²) in [6, 6.07) is 23.6. The van der Waals surface area contributed by atoms with Gasteiger partial charge in [0.05, 0.1) is 38.4 Å². The Morgan fingerprint density at radius 3 is 2.58 bits per heavy atom. The minimum Gasteiger partial charge on any atom is -0.463 e. The molecule has 9 nitrogen and oxygen atoms in total. The molecule has 0 N–H and O–H groups in total. The van der Waals surface area contributed by atoms with E-state index in [-0.39, 0.29) is 28.4 Å². The van der Waals surface area contributed by atoms with E-state index < -0.39 is 16.9 Å². The molecule has 0 unspecified atom stereocenters. The Hall–Kier alpha value is -4.71. The molecular weight excluding hydrogens is 634 g/mol. The average Bonchev–Trinajstić information content (AvgIpc) is 3.64. The predicted molar refractivity (Wildman–Crippen MR) is 175 cm³/mol. The number of thioether (sulfide) groups is 1. The largest absolute Gasteiger partial charge is 0.463 e. The summed E-state index contributed by atoms with van der Waals surface area (Å²) < 4.78 is 13.3. The number of esters is 1. The van der Waals surface area contributed by atoms with E-state index in [0.29, 0.717) is 37.7 Å². The fourth-order valence-electron chi connectivity index (χ4n) is 5.06. The summed E-state index contributed by atoms with van der Waals surface area (Å²) in [4.78, 5) is 44.8. The first-order valence-corrected chi connectivity index (χ1v) is 16.2. The monoisotopic (exact) mass is 657 g/mol. The minimum absolute atomic E-state index is 0.127. The number of fused-ring (bicyclic) bond motifs is 1. The van der Waals surface area contributed by atoms with Gasteiger partial charge in [-0.15, -0.1) is 11.8 Å². The third kappa shape index (κ3) is 5.89. The van der Waals surface area contributed by atoms with Crippen LogP contribution in [0.4, 0.5) is 5.69 Å². The Morgan fingerprint density at radius 2 is 1.89 bits per heavy atom. The number of hydrogen-bond donors (Lipinski definition) is 0. The number of nitro benzene ring substituents is 1. The number of benzene rings is 3. The van der Waals surface area contributed by atoms with E-state index in [0.717, 1.165) is 10.5 Å². The van der Waals surface area contributed by atoms with Crippen LogP contribution in [0.2, 0.25) is 5.02 Å². The van der Waals surface area contributed by atoms with Gasteiger partial charge in [-0.05, 0) is 49.1 Å². The zero-order valence-electron chi connectivity index (χ0n) is 23.9. The van der Waals surface area contributed by atoms with Gasteiger partial charge in [0.1, 0.15) is 11.5 Å². The van der Waals surface area contributed by atoms with Gasteiger partial charge in [0.15, 0.2) is 4.80 Å². The van der Waals surface area contributed by atoms with Crippen LogP contribution in [-0.4, -0.2) is 28.3 Å². The first-order chi connectivity index (χ1) is 21.8. The number of aromatic nitrogens is 1. The van der Waals surface area contributed by atoms with Crippen LogP contribution in [0.25, 0.3) is 23.1 Å². The lowest BCUT2D eigenvalue weighted by Crippen LogP contribution is -2.40. The molecule has 1 aliphatic heterocycles. The second-order valence-corrected chi connectivity index (χ2v) is 12.1. The van der Waals surface area contributed by atoms with Crippen molar-refractivity contribution in [1.29, 1.82) is 0 Å². The highest BCUT2D eigenvalue weighted by atomic mass is 35.5. The summed E-state index contributed by atoms with van der Waals surface area (Å²) in [5, 5.41) is 11.6. The quantitative estimate of drug-likeness (QED) is 0.0812. The number of nitro groups is 1. The number of carbonyl (C=O) groups is 1. The van der Waals surface area contributed by atoms with Gasteiger partial charge < -0.3 is 9.15 Å². The van der Waals surface area contributed by atoms with Crippen molar-refractivity contribution < 1.29 is 18.9 Å². The van der Waals surface area contributed by atoms with Crippen molar-refractivity contribution in [3.05, 3.63) is 142 Å².